The van der Waals surface area contributed by atoms with Crippen molar-refractivity contribution >= 4 is 11.8 Å². The maximum atomic E-state index is 13.0. The highest BCUT2D eigenvalue weighted by Crippen LogP contribution is 2.14. The molecule has 1 aromatic carbocycles. The highest BCUT2D eigenvalue weighted by molar-refractivity contribution is 5.97. The summed E-state index contributed by atoms with van der Waals surface area (Å²) < 4.78 is 13.0. The first-order chi connectivity index (χ1) is 11.5. The first kappa shape index (κ1) is 18.4. The van der Waals surface area contributed by atoms with Crippen molar-refractivity contribution in [3.8, 4) is 0 Å². The second-order valence-corrected chi connectivity index (χ2v) is 5.88. The predicted octanol–water partition coefficient (Wildman–Crippen LogP) is 0.471. The van der Waals surface area contributed by atoms with Crippen LogP contribution >= 0.6 is 0 Å². The number of amides is 2. The lowest BCUT2D eigenvalue weighted by atomic mass is 10.1. The molecule has 0 bridgehead atoms. The van der Waals surface area contributed by atoms with Gasteiger partial charge in [-0.25, -0.2) is 4.39 Å². The Kier molecular flexibility index (Phi) is 6.69. The molecule has 132 valence electrons. The van der Waals surface area contributed by atoms with Gasteiger partial charge < -0.3 is 20.2 Å². The zero-order chi connectivity index (χ0) is 17.5. The summed E-state index contributed by atoms with van der Waals surface area (Å²) in [6.07, 6.45) is 0.826. The standard InChI is InChI=1S/C17H24FN3O3/c1-20(16(23)13-4-6-14(18)7-5-13)15(3-2-12-22)17(24)21-10-8-19-9-11-21/h4-7,15,19,22H,2-3,8-12H2,1H3/t15-/m0/s1. The van der Waals surface area contributed by atoms with Crippen LogP contribution in [0.3, 0.4) is 0 Å². The Morgan fingerprint density at radius 1 is 1.29 bits per heavy atom. The van der Waals surface area contributed by atoms with E-state index in [2.05, 4.69) is 5.32 Å². The molecular weight excluding hydrogens is 313 g/mol. The molecule has 24 heavy (non-hydrogen) atoms. The number of carbonyl (C=O) groups excluding carboxylic acids is 2. The van der Waals surface area contributed by atoms with Gasteiger partial charge in [-0.1, -0.05) is 0 Å². The van der Waals surface area contributed by atoms with E-state index < -0.39 is 11.9 Å². The minimum Gasteiger partial charge on any atom is -0.396 e. The van der Waals surface area contributed by atoms with Crippen LogP contribution in [0.25, 0.3) is 0 Å². The first-order valence-corrected chi connectivity index (χ1v) is 8.17. The Balaban J connectivity index is 2.13. The lowest BCUT2D eigenvalue weighted by molar-refractivity contribution is -0.136. The summed E-state index contributed by atoms with van der Waals surface area (Å²) in [6.45, 7) is 2.63. The third-order valence-corrected chi connectivity index (χ3v) is 4.23. The van der Waals surface area contributed by atoms with Crippen LogP contribution in [0.2, 0.25) is 0 Å². The third kappa shape index (κ3) is 4.52. The Bertz CT molecular complexity index is 559. The van der Waals surface area contributed by atoms with E-state index >= 15 is 0 Å². The van der Waals surface area contributed by atoms with E-state index in [-0.39, 0.29) is 18.4 Å². The van der Waals surface area contributed by atoms with Crippen molar-refractivity contribution < 1.29 is 19.1 Å². The fourth-order valence-corrected chi connectivity index (χ4v) is 2.80. The number of aliphatic hydroxyl groups excluding tert-OH is 1. The monoisotopic (exact) mass is 337 g/mol. The third-order valence-electron chi connectivity index (χ3n) is 4.23. The van der Waals surface area contributed by atoms with E-state index in [4.69, 9.17) is 5.11 Å². The summed E-state index contributed by atoms with van der Waals surface area (Å²) in [5.74, 6) is -0.854. The van der Waals surface area contributed by atoms with E-state index in [0.29, 0.717) is 31.5 Å². The number of nitrogens with one attached hydrogen (secondary N) is 1. The number of nitrogens with zero attached hydrogens (tertiary/aromatic N) is 2. The average molecular weight is 337 g/mol. The molecule has 0 unspecified atom stereocenters. The minimum atomic E-state index is -0.632. The maximum absolute atomic E-state index is 13.0. The summed E-state index contributed by atoms with van der Waals surface area (Å²) in [4.78, 5) is 28.5. The summed E-state index contributed by atoms with van der Waals surface area (Å²) in [5.41, 5.74) is 0.334. The van der Waals surface area contributed by atoms with Crippen molar-refractivity contribution in [1.29, 1.82) is 0 Å². The molecule has 1 heterocycles. The summed E-state index contributed by atoms with van der Waals surface area (Å²) in [6, 6.07) is 4.64. The zero-order valence-electron chi connectivity index (χ0n) is 13.9. The molecule has 0 saturated carbocycles. The molecule has 6 nitrogen and oxygen atoms in total. The van der Waals surface area contributed by atoms with Crippen molar-refractivity contribution in [2.45, 2.75) is 18.9 Å². The maximum Gasteiger partial charge on any atom is 0.254 e. The van der Waals surface area contributed by atoms with Gasteiger partial charge in [-0.05, 0) is 37.1 Å². The van der Waals surface area contributed by atoms with Crippen molar-refractivity contribution in [2.24, 2.45) is 0 Å². The average Bonchev–Trinajstić information content (AvgIpc) is 2.62. The van der Waals surface area contributed by atoms with Crippen molar-refractivity contribution in [3.63, 3.8) is 0 Å². The van der Waals surface area contributed by atoms with Gasteiger partial charge in [-0.2, -0.15) is 0 Å². The van der Waals surface area contributed by atoms with Crippen LogP contribution < -0.4 is 5.32 Å². The van der Waals surface area contributed by atoms with Crippen LogP contribution in [-0.4, -0.2) is 72.6 Å². The number of benzene rings is 1. The normalized spacial score (nSPS) is 15.9. The number of halogens is 1. The lowest BCUT2D eigenvalue weighted by Gasteiger charge is -2.34. The Morgan fingerprint density at radius 3 is 2.50 bits per heavy atom. The van der Waals surface area contributed by atoms with Gasteiger partial charge in [-0.3, -0.25) is 9.59 Å². The van der Waals surface area contributed by atoms with Crippen molar-refractivity contribution in [2.75, 3.05) is 39.8 Å². The molecule has 0 aromatic heterocycles. The molecule has 2 N–H and O–H groups in total. The second-order valence-electron chi connectivity index (χ2n) is 5.88. The zero-order valence-corrected chi connectivity index (χ0v) is 13.9. The fourth-order valence-electron chi connectivity index (χ4n) is 2.80. The van der Waals surface area contributed by atoms with Crippen molar-refractivity contribution in [3.05, 3.63) is 35.6 Å². The number of likely N-dealkylation sites (N-methyl/N-ethyl adjacent to an activating group) is 1. The fraction of sp³-hybridized carbons (Fsp3) is 0.529. The van der Waals surface area contributed by atoms with E-state index in [1.54, 1.807) is 11.9 Å². The second kappa shape index (κ2) is 8.75. The van der Waals surface area contributed by atoms with Gasteiger partial charge in [0.1, 0.15) is 11.9 Å². The first-order valence-electron chi connectivity index (χ1n) is 8.17. The van der Waals surface area contributed by atoms with E-state index in [0.717, 1.165) is 13.1 Å². The van der Waals surface area contributed by atoms with Crippen molar-refractivity contribution in [1.82, 2.24) is 15.1 Å². The number of aliphatic hydroxyl groups is 1. The van der Waals surface area contributed by atoms with Gasteiger partial charge in [0.25, 0.3) is 5.91 Å². The number of piperazine rings is 1. The molecule has 0 radical (unpaired) electrons. The SMILES string of the molecule is CN(C(=O)c1ccc(F)cc1)[C@@H](CCCO)C(=O)N1CCNCC1. The summed E-state index contributed by atoms with van der Waals surface area (Å²) in [5, 5.41) is 12.3. The number of hydrogen-bond acceptors (Lipinski definition) is 4. The molecule has 1 saturated heterocycles. The Labute approximate surface area is 141 Å². The van der Waals surface area contributed by atoms with Crippen LogP contribution in [-0.2, 0) is 4.79 Å². The molecular formula is C17H24FN3O3. The molecule has 1 atom stereocenters. The smallest absolute Gasteiger partial charge is 0.254 e. The van der Waals surface area contributed by atoms with Crippen LogP contribution in [0, 0.1) is 5.82 Å². The van der Waals surface area contributed by atoms with Gasteiger partial charge in [0.05, 0.1) is 0 Å². The van der Waals surface area contributed by atoms with Crippen LogP contribution in [0.1, 0.15) is 23.2 Å². The molecule has 1 fully saturated rings. The van der Waals surface area contributed by atoms with Crippen LogP contribution in [0.4, 0.5) is 4.39 Å². The molecule has 7 heteroatoms. The topological polar surface area (TPSA) is 72.9 Å². The van der Waals surface area contributed by atoms with Gasteiger partial charge in [0, 0.05) is 45.4 Å². The van der Waals surface area contributed by atoms with E-state index in [9.17, 15) is 14.0 Å². The molecule has 0 spiro atoms. The molecule has 1 aliphatic heterocycles. The minimum absolute atomic E-state index is 0.0378. The highest BCUT2D eigenvalue weighted by atomic mass is 19.1. The summed E-state index contributed by atoms with van der Waals surface area (Å²) in [7, 11) is 1.58. The highest BCUT2D eigenvalue weighted by Gasteiger charge is 2.31. The molecule has 2 amide bonds. The van der Waals surface area contributed by atoms with Crippen LogP contribution in [0.5, 0.6) is 0 Å². The number of hydrogen-bond donors (Lipinski definition) is 2. The van der Waals surface area contributed by atoms with Gasteiger partial charge in [-0.15, -0.1) is 0 Å². The van der Waals surface area contributed by atoms with Gasteiger partial charge >= 0.3 is 0 Å². The lowest BCUT2D eigenvalue weighted by Crippen LogP contribution is -2.54. The molecule has 0 aliphatic carbocycles. The summed E-state index contributed by atoms with van der Waals surface area (Å²) >= 11 is 0. The molecule has 1 aromatic rings. The predicted molar refractivity (Wildman–Crippen MR) is 88.1 cm³/mol. The largest absolute Gasteiger partial charge is 0.396 e. The van der Waals surface area contributed by atoms with Gasteiger partial charge in [0.2, 0.25) is 5.91 Å². The van der Waals surface area contributed by atoms with E-state index in [1.165, 1.54) is 29.2 Å². The van der Waals surface area contributed by atoms with Crippen LogP contribution in [0.15, 0.2) is 24.3 Å². The number of carbonyl (C=O) groups is 2. The van der Waals surface area contributed by atoms with Gasteiger partial charge in [0.15, 0.2) is 0 Å². The molecule has 1 aliphatic rings. The Hall–Kier alpha value is -1.99. The van der Waals surface area contributed by atoms with E-state index in [1.807, 2.05) is 0 Å². The quantitative estimate of drug-likeness (QED) is 0.792. The Morgan fingerprint density at radius 2 is 1.92 bits per heavy atom. The molecule has 2 rings (SSSR count). The number of rotatable bonds is 6.